The normalized spacial score (nSPS) is 18.3. The number of nitrogens with zero attached hydrogens (tertiary/aromatic N) is 2. The third-order valence-electron chi connectivity index (χ3n) is 3.76. The van der Waals surface area contributed by atoms with Crippen molar-refractivity contribution < 1.29 is 0 Å². The van der Waals surface area contributed by atoms with Gasteiger partial charge in [-0.25, -0.2) is 0 Å². The predicted molar refractivity (Wildman–Crippen MR) is 81.4 cm³/mol. The summed E-state index contributed by atoms with van der Waals surface area (Å²) in [6.07, 6.45) is 5.19. The summed E-state index contributed by atoms with van der Waals surface area (Å²) in [6.45, 7) is 13.5. The van der Waals surface area contributed by atoms with Gasteiger partial charge in [0.15, 0.2) is 0 Å². The second-order valence-electron chi connectivity index (χ2n) is 6.86. The van der Waals surface area contributed by atoms with E-state index in [-0.39, 0.29) is 0 Å². The molecule has 1 fully saturated rings. The highest BCUT2D eigenvalue weighted by molar-refractivity contribution is 5.53. The highest BCUT2D eigenvalue weighted by Gasteiger charge is 2.30. The van der Waals surface area contributed by atoms with Crippen molar-refractivity contribution in [3.63, 3.8) is 0 Å². The molecule has 0 aromatic carbocycles. The van der Waals surface area contributed by atoms with Crippen molar-refractivity contribution in [3.8, 4) is 0 Å². The number of hydrogen-bond acceptors (Lipinski definition) is 3. The maximum atomic E-state index is 4.28. The Morgan fingerprint density at radius 2 is 2.21 bits per heavy atom. The standard InChI is InChI=1S/C16H27N3/c1-13(2)9-18-11-14-10-17-7-5-15(14)19-8-6-16(3,4)12-19/h5,7,10,13,18H,6,8-9,11-12H2,1-4H3. The molecule has 0 radical (unpaired) electrons. The van der Waals surface area contributed by atoms with Crippen molar-refractivity contribution >= 4 is 5.69 Å². The Morgan fingerprint density at radius 3 is 2.84 bits per heavy atom. The van der Waals surface area contributed by atoms with E-state index in [2.05, 4.69) is 49.0 Å². The zero-order valence-corrected chi connectivity index (χ0v) is 12.7. The molecule has 0 aliphatic carbocycles. The fourth-order valence-electron chi connectivity index (χ4n) is 2.68. The number of aromatic nitrogens is 1. The van der Waals surface area contributed by atoms with Crippen LogP contribution in [-0.4, -0.2) is 24.6 Å². The fraction of sp³-hybridized carbons (Fsp3) is 0.688. The Kier molecular flexibility index (Phi) is 4.46. The molecule has 0 spiro atoms. The van der Waals surface area contributed by atoms with Gasteiger partial charge >= 0.3 is 0 Å². The molecule has 2 heterocycles. The number of rotatable bonds is 5. The van der Waals surface area contributed by atoms with Gasteiger partial charge in [-0.3, -0.25) is 4.98 Å². The number of hydrogen-bond donors (Lipinski definition) is 1. The Labute approximate surface area is 117 Å². The first-order chi connectivity index (χ1) is 8.98. The van der Waals surface area contributed by atoms with Crippen molar-refractivity contribution in [2.75, 3.05) is 24.5 Å². The van der Waals surface area contributed by atoms with E-state index in [4.69, 9.17) is 0 Å². The molecule has 3 heteroatoms. The van der Waals surface area contributed by atoms with Crippen LogP contribution in [0.15, 0.2) is 18.5 Å². The van der Waals surface area contributed by atoms with E-state index in [1.807, 2.05) is 12.4 Å². The maximum absolute atomic E-state index is 4.28. The van der Waals surface area contributed by atoms with E-state index in [1.165, 1.54) is 17.7 Å². The van der Waals surface area contributed by atoms with E-state index in [0.717, 1.165) is 26.2 Å². The van der Waals surface area contributed by atoms with Crippen LogP contribution in [0.25, 0.3) is 0 Å². The number of pyridine rings is 1. The highest BCUT2D eigenvalue weighted by Crippen LogP contribution is 2.33. The first-order valence-electron chi connectivity index (χ1n) is 7.36. The van der Waals surface area contributed by atoms with Gasteiger partial charge in [0.05, 0.1) is 0 Å². The van der Waals surface area contributed by atoms with Crippen LogP contribution in [0.5, 0.6) is 0 Å². The maximum Gasteiger partial charge on any atom is 0.0443 e. The summed E-state index contributed by atoms with van der Waals surface area (Å²) in [5, 5.41) is 3.52. The second kappa shape index (κ2) is 5.91. The lowest BCUT2D eigenvalue weighted by Gasteiger charge is -2.24. The van der Waals surface area contributed by atoms with Gasteiger partial charge in [0.1, 0.15) is 0 Å². The van der Waals surface area contributed by atoms with Gasteiger partial charge in [0.25, 0.3) is 0 Å². The molecule has 106 valence electrons. The Morgan fingerprint density at radius 1 is 1.42 bits per heavy atom. The predicted octanol–water partition coefficient (Wildman–Crippen LogP) is 3.06. The van der Waals surface area contributed by atoms with E-state index in [0.29, 0.717) is 11.3 Å². The quantitative estimate of drug-likeness (QED) is 0.883. The van der Waals surface area contributed by atoms with E-state index in [1.54, 1.807) is 0 Å². The van der Waals surface area contributed by atoms with Crippen LogP contribution in [0, 0.1) is 11.3 Å². The summed E-state index contributed by atoms with van der Waals surface area (Å²) in [7, 11) is 0. The highest BCUT2D eigenvalue weighted by atomic mass is 15.2. The van der Waals surface area contributed by atoms with Gasteiger partial charge in [-0.05, 0) is 30.4 Å². The van der Waals surface area contributed by atoms with Crippen LogP contribution in [0.1, 0.15) is 39.7 Å². The average Bonchev–Trinajstić information content (AvgIpc) is 2.70. The molecular weight excluding hydrogens is 234 g/mol. The molecular formula is C16H27N3. The van der Waals surface area contributed by atoms with Crippen LogP contribution in [0.4, 0.5) is 5.69 Å². The van der Waals surface area contributed by atoms with Gasteiger partial charge in [-0.15, -0.1) is 0 Å². The molecule has 1 saturated heterocycles. The monoisotopic (exact) mass is 261 g/mol. The van der Waals surface area contributed by atoms with Crippen LogP contribution in [-0.2, 0) is 6.54 Å². The smallest absolute Gasteiger partial charge is 0.0443 e. The third-order valence-corrected chi connectivity index (χ3v) is 3.76. The summed E-state index contributed by atoms with van der Waals surface area (Å²) in [5.41, 5.74) is 3.11. The zero-order chi connectivity index (χ0) is 13.9. The summed E-state index contributed by atoms with van der Waals surface area (Å²) in [6, 6.07) is 2.16. The van der Waals surface area contributed by atoms with Crippen molar-refractivity contribution in [1.82, 2.24) is 10.3 Å². The van der Waals surface area contributed by atoms with E-state index < -0.39 is 0 Å². The van der Waals surface area contributed by atoms with Gasteiger partial charge in [0, 0.05) is 43.3 Å². The molecule has 2 rings (SSSR count). The molecule has 1 aromatic heterocycles. The van der Waals surface area contributed by atoms with Crippen molar-refractivity contribution in [2.45, 2.75) is 40.7 Å². The topological polar surface area (TPSA) is 28.2 Å². The summed E-state index contributed by atoms with van der Waals surface area (Å²) in [5.74, 6) is 0.686. The van der Waals surface area contributed by atoms with Crippen molar-refractivity contribution in [2.24, 2.45) is 11.3 Å². The van der Waals surface area contributed by atoms with Crippen LogP contribution >= 0.6 is 0 Å². The van der Waals surface area contributed by atoms with E-state index >= 15 is 0 Å². The largest absolute Gasteiger partial charge is 0.371 e. The molecule has 1 aliphatic heterocycles. The molecule has 1 aliphatic rings. The third kappa shape index (κ3) is 3.93. The Balaban J connectivity index is 2.04. The van der Waals surface area contributed by atoms with Crippen molar-refractivity contribution in [3.05, 3.63) is 24.0 Å². The lowest BCUT2D eigenvalue weighted by molar-refractivity contribution is 0.418. The first kappa shape index (κ1) is 14.3. The molecule has 1 N–H and O–H groups in total. The van der Waals surface area contributed by atoms with Gasteiger partial charge in [-0.1, -0.05) is 27.7 Å². The molecule has 0 saturated carbocycles. The van der Waals surface area contributed by atoms with Crippen LogP contribution in [0.3, 0.4) is 0 Å². The minimum absolute atomic E-state index is 0.436. The molecule has 3 nitrogen and oxygen atoms in total. The molecule has 0 atom stereocenters. The van der Waals surface area contributed by atoms with E-state index in [9.17, 15) is 0 Å². The van der Waals surface area contributed by atoms with Crippen LogP contribution in [0.2, 0.25) is 0 Å². The SMILES string of the molecule is CC(C)CNCc1cnccc1N1CCC(C)(C)C1. The Bertz CT molecular complexity index is 412. The zero-order valence-electron chi connectivity index (χ0n) is 12.7. The number of nitrogens with one attached hydrogen (secondary N) is 1. The molecule has 19 heavy (non-hydrogen) atoms. The van der Waals surface area contributed by atoms with Crippen LogP contribution < -0.4 is 10.2 Å². The number of anilines is 1. The van der Waals surface area contributed by atoms with Gasteiger partial charge in [0.2, 0.25) is 0 Å². The molecule has 0 amide bonds. The van der Waals surface area contributed by atoms with Gasteiger partial charge < -0.3 is 10.2 Å². The average molecular weight is 261 g/mol. The fourth-order valence-corrected chi connectivity index (χ4v) is 2.68. The lowest BCUT2D eigenvalue weighted by atomic mass is 9.93. The first-order valence-corrected chi connectivity index (χ1v) is 7.36. The molecule has 0 bridgehead atoms. The Hall–Kier alpha value is -1.09. The lowest BCUT2D eigenvalue weighted by Crippen LogP contribution is -2.26. The summed E-state index contributed by atoms with van der Waals surface area (Å²) >= 11 is 0. The molecule has 1 aromatic rings. The summed E-state index contributed by atoms with van der Waals surface area (Å²) in [4.78, 5) is 6.79. The second-order valence-corrected chi connectivity index (χ2v) is 6.86. The van der Waals surface area contributed by atoms with Gasteiger partial charge in [-0.2, -0.15) is 0 Å². The minimum Gasteiger partial charge on any atom is -0.371 e. The summed E-state index contributed by atoms with van der Waals surface area (Å²) < 4.78 is 0. The molecule has 0 unspecified atom stereocenters. The minimum atomic E-state index is 0.436. The van der Waals surface area contributed by atoms with Crippen molar-refractivity contribution in [1.29, 1.82) is 0 Å².